The third-order valence-corrected chi connectivity index (χ3v) is 1.64. The summed E-state index contributed by atoms with van der Waals surface area (Å²) in [4.78, 5) is 11.3. The van der Waals surface area contributed by atoms with Crippen molar-refractivity contribution in [1.82, 2.24) is 0 Å². The van der Waals surface area contributed by atoms with E-state index in [0.29, 0.717) is 6.61 Å². The van der Waals surface area contributed by atoms with Crippen LogP contribution in [0.3, 0.4) is 0 Å². The molecule has 0 heterocycles. The van der Waals surface area contributed by atoms with Crippen molar-refractivity contribution in [1.29, 1.82) is 0 Å². The van der Waals surface area contributed by atoms with Gasteiger partial charge in [-0.15, -0.1) is 0 Å². The predicted octanol–water partition coefficient (Wildman–Crippen LogP) is 2.05. The van der Waals surface area contributed by atoms with Crippen LogP contribution in [0.15, 0.2) is 30.3 Å². The zero-order valence-electron chi connectivity index (χ0n) is 8.32. The smallest absolute Gasteiger partial charge is 0.250 e. The Kier molecular flexibility index (Phi) is 4.72. The van der Waals surface area contributed by atoms with Crippen LogP contribution >= 0.6 is 0 Å². The van der Waals surface area contributed by atoms with Crippen molar-refractivity contribution < 1.29 is 9.53 Å². The summed E-state index contributed by atoms with van der Waals surface area (Å²) < 4.78 is 5.10. The van der Waals surface area contributed by atoms with Crippen molar-refractivity contribution >= 4 is 11.6 Å². The number of hydrogen-bond acceptors (Lipinski definition) is 2. The van der Waals surface area contributed by atoms with Gasteiger partial charge in [0.1, 0.15) is 6.61 Å². The maximum atomic E-state index is 11.3. The molecule has 0 saturated carbocycles. The first kappa shape index (κ1) is 10.7. The highest BCUT2D eigenvalue weighted by molar-refractivity contribution is 5.91. The van der Waals surface area contributed by atoms with Gasteiger partial charge in [0, 0.05) is 12.3 Å². The molecular formula is C11H15NO2. The fourth-order valence-corrected chi connectivity index (χ4v) is 1.03. The Morgan fingerprint density at radius 3 is 2.71 bits per heavy atom. The van der Waals surface area contributed by atoms with Crippen molar-refractivity contribution in [2.24, 2.45) is 0 Å². The summed E-state index contributed by atoms with van der Waals surface area (Å²) in [6, 6.07) is 9.35. The first-order valence-corrected chi connectivity index (χ1v) is 4.75. The summed E-state index contributed by atoms with van der Waals surface area (Å²) in [5.41, 5.74) is 0.803. The molecule has 76 valence electrons. The molecule has 1 aromatic carbocycles. The van der Waals surface area contributed by atoms with Crippen LogP contribution in [0.4, 0.5) is 5.69 Å². The summed E-state index contributed by atoms with van der Waals surface area (Å²) in [6.45, 7) is 2.76. The molecule has 0 aliphatic rings. The Morgan fingerprint density at radius 1 is 1.36 bits per heavy atom. The number of anilines is 1. The van der Waals surface area contributed by atoms with Gasteiger partial charge in [0.25, 0.3) is 0 Å². The molecule has 0 atom stereocenters. The minimum Gasteiger partial charge on any atom is -0.372 e. The van der Waals surface area contributed by atoms with Crippen molar-refractivity contribution in [3.63, 3.8) is 0 Å². The second-order valence-corrected chi connectivity index (χ2v) is 2.97. The molecule has 1 amide bonds. The van der Waals surface area contributed by atoms with Gasteiger partial charge < -0.3 is 10.1 Å². The molecule has 0 aliphatic carbocycles. The minimum atomic E-state index is -0.107. The third-order valence-electron chi connectivity index (χ3n) is 1.64. The summed E-state index contributed by atoms with van der Waals surface area (Å²) in [6.07, 6.45) is 0.929. The lowest BCUT2D eigenvalue weighted by Crippen LogP contribution is -2.18. The fraction of sp³-hybridized carbons (Fsp3) is 0.364. The molecule has 3 heteroatoms. The topological polar surface area (TPSA) is 38.3 Å². The average Bonchev–Trinajstić information content (AvgIpc) is 2.20. The fourth-order valence-electron chi connectivity index (χ4n) is 1.03. The summed E-state index contributed by atoms with van der Waals surface area (Å²) >= 11 is 0. The van der Waals surface area contributed by atoms with Gasteiger partial charge >= 0.3 is 0 Å². The number of ether oxygens (including phenoxy) is 1. The van der Waals surface area contributed by atoms with E-state index in [-0.39, 0.29) is 12.5 Å². The zero-order valence-corrected chi connectivity index (χ0v) is 8.32. The third kappa shape index (κ3) is 4.05. The van der Waals surface area contributed by atoms with Crippen molar-refractivity contribution in [2.75, 3.05) is 18.5 Å². The quantitative estimate of drug-likeness (QED) is 0.727. The molecular weight excluding hydrogens is 178 g/mol. The van der Waals surface area contributed by atoms with Crippen LogP contribution in [-0.2, 0) is 9.53 Å². The normalized spacial score (nSPS) is 9.79. The minimum absolute atomic E-state index is 0.107. The number of rotatable bonds is 5. The van der Waals surface area contributed by atoms with Crippen LogP contribution in [-0.4, -0.2) is 19.1 Å². The Bertz CT molecular complexity index is 272. The SMILES string of the molecule is CCCOCC(=O)Nc1ccccc1. The monoisotopic (exact) mass is 193 g/mol. The standard InChI is InChI=1S/C11H15NO2/c1-2-8-14-9-11(13)12-10-6-4-3-5-7-10/h3-7H,2,8-9H2,1H3,(H,12,13). The lowest BCUT2D eigenvalue weighted by molar-refractivity contribution is -0.120. The van der Waals surface area contributed by atoms with Crippen LogP contribution < -0.4 is 5.32 Å². The zero-order chi connectivity index (χ0) is 10.2. The molecule has 0 aromatic heterocycles. The van der Waals surface area contributed by atoms with E-state index in [1.165, 1.54) is 0 Å². The molecule has 14 heavy (non-hydrogen) atoms. The molecule has 1 N–H and O–H groups in total. The highest BCUT2D eigenvalue weighted by Gasteiger charge is 2.00. The van der Waals surface area contributed by atoms with E-state index in [4.69, 9.17) is 4.74 Å². The number of nitrogens with one attached hydrogen (secondary N) is 1. The lowest BCUT2D eigenvalue weighted by atomic mass is 10.3. The Balaban J connectivity index is 2.27. The maximum Gasteiger partial charge on any atom is 0.250 e. The van der Waals surface area contributed by atoms with Gasteiger partial charge in [-0.2, -0.15) is 0 Å². The number of benzene rings is 1. The highest BCUT2D eigenvalue weighted by atomic mass is 16.5. The maximum absolute atomic E-state index is 11.3. The molecule has 0 fully saturated rings. The van der Waals surface area contributed by atoms with E-state index in [0.717, 1.165) is 12.1 Å². The predicted molar refractivity (Wildman–Crippen MR) is 56.2 cm³/mol. The van der Waals surface area contributed by atoms with Gasteiger partial charge in [-0.25, -0.2) is 0 Å². The van der Waals surface area contributed by atoms with Gasteiger partial charge in [-0.3, -0.25) is 4.79 Å². The van der Waals surface area contributed by atoms with Crippen molar-refractivity contribution in [3.8, 4) is 0 Å². The van der Waals surface area contributed by atoms with E-state index in [2.05, 4.69) is 5.32 Å². The van der Waals surface area contributed by atoms with Gasteiger partial charge in [0.2, 0.25) is 5.91 Å². The summed E-state index contributed by atoms with van der Waals surface area (Å²) in [7, 11) is 0. The molecule has 0 unspecified atom stereocenters. The molecule has 3 nitrogen and oxygen atoms in total. The number of carbonyl (C=O) groups excluding carboxylic acids is 1. The van der Waals surface area contributed by atoms with Gasteiger partial charge in [0.05, 0.1) is 0 Å². The molecule has 0 radical (unpaired) electrons. The van der Waals surface area contributed by atoms with Crippen LogP contribution in [0, 0.1) is 0 Å². The van der Waals surface area contributed by atoms with Crippen molar-refractivity contribution in [2.45, 2.75) is 13.3 Å². The largest absolute Gasteiger partial charge is 0.372 e. The Labute approximate surface area is 84.1 Å². The molecule has 0 spiro atoms. The number of para-hydroxylation sites is 1. The first-order valence-electron chi connectivity index (χ1n) is 4.75. The van der Waals surface area contributed by atoms with E-state index >= 15 is 0 Å². The van der Waals surface area contributed by atoms with E-state index < -0.39 is 0 Å². The van der Waals surface area contributed by atoms with Crippen LogP contribution in [0.2, 0.25) is 0 Å². The molecule has 0 bridgehead atoms. The molecule has 1 aromatic rings. The van der Waals surface area contributed by atoms with E-state index in [1.807, 2.05) is 37.3 Å². The van der Waals surface area contributed by atoms with E-state index in [9.17, 15) is 4.79 Å². The highest BCUT2D eigenvalue weighted by Crippen LogP contribution is 2.04. The second-order valence-electron chi connectivity index (χ2n) is 2.97. The average molecular weight is 193 g/mol. The molecule has 0 saturated heterocycles. The van der Waals surface area contributed by atoms with Crippen LogP contribution in [0.1, 0.15) is 13.3 Å². The number of carbonyl (C=O) groups is 1. The van der Waals surface area contributed by atoms with Gasteiger partial charge in [-0.1, -0.05) is 25.1 Å². The van der Waals surface area contributed by atoms with E-state index in [1.54, 1.807) is 0 Å². The lowest BCUT2D eigenvalue weighted by Gasteiger charge is -2.04. The van der Waals surface area contributed by atoms with Crippen molar-refractivity contribution in [3.05, 3.63) is 30.3 Å². The van der Waals surface area contributed by atoms with Gasteiger partial charge in [0.15, 0.2) is 0 Å². The summed E-state index contributed by atoms with van der Waals surface area (Å²) in [5, 5.41) is 2.74. The van der Waals surface area contributed by atoms with Crippen LogP contribution in [0.5, 0.6) is 0 Å². The number of amides is 1. The molecule has 0 aliphatic heterocycles. The van der Waals surface area contributed by atoms with Crippen LogP contribution in [0.25, 0.3) is 0 Å². The number of hydrogen-bond donors (Lipinski definition) is 1. The Hall–Kier alpha value is -1.35. The Morgan fingerprint density at radius 2 is 2.07 bits per heavy atom. The summed E-state index contributed by atoms with van der Waals surface area (Å²) in [5.74, 6) is -0.107. The van der Waals surface area contributed by atoms with Gasteiger partial charge in [-0.05, 0) is 18.6 Å². The molecule has 1 rings (SSSR count). The first-order chi connectivity index (χ1) is 6.83. The second kappa shape index (κ2) is 6.16.